The number of rotatable bonds is 2. The first-order chi connectivity index (χ1) is 6.81. The van der Waals surface area contributed by atoms with Crippen LogP contribution < -0.4 is 11.5 Å². The number of nitrogens with zero attached hydrogens (tertiary/aromatic N) is 1. The van der Waals surface area contributed by atoms with Crippen LogP contribution in [0.1, 0.15) is 0 Å². The summed E-state index contributed by atoms with van der Waals surface area (Å²) in [6, 6.07) is -0.0554. The summed E-state index contributed by atoms with van der Waals surface area (Å²) in [4.78, 5) is 2.17. The van der Waals surface area contributed by atoms with E-state index in [4.69, 9.17) is 11.5 Å². The molecule has 14 heavy (non-hydrogen) atoms. The summed E-state index contributed by atoms with van der Waals surface area (Å²) in [6.45, 7) is 1.42. The highest BCUT2D eigenvalue weighted by Crippen LogP contribution is 2.20. The van der Waals surface area contributed by atoms with Crippen molar-refractivity contribution in [1.29, 1.82) is 0 Å². The van der Waals surface area contributed by atoms with Crippen molar-refractivity contribution in [2.24, 2.45) is 11.5 Å². The maximum atomic E-state index is 5.86. The lowest BCUT2D eigenvalue weighted by atomic mass is 10.0. The summed E-state index contributed by atoms with van der Waals surface area (Å²) < 4.78 is 0. The largest absolute Gasteiger partial charge is 0.344 e. The van der Waals surface area contributed by atoms with Crippen molar-refractivity contribution in [1.82, 2.24) is 4.90 Å². The highest BCUT2D eigenvalue weighted by Gasteiger charge is 2.13. The summed E-state index contributed by atoms with van der Waals surface area (Å²) in [5, 5.41) is 0. The van der Waals surface area contributed by atoms with Gasteiger partial charge in [-0.2, -0.15) is 0 Å². The average Bonchev–Trinajstić information content (AvgIpc) is 2.27. The Bertz CT molecular complexity index is 336. The van der Waals surface area contributed by atoms with E-state index in [2.05, 4.69) is 35.4 Å². The Morgan fingerprint density at radius 2 is 2.36 bits per heavy atom. The van der Waals surface area contributed by atoms with Crippen molar-refractivity contribution in [3.63, 3.8) is 0 Å². The Hall–Kier alpha value is -1.32. The van der Waals surface area contributed by atoms with Crippen LogP contribution in [0.2, 0.25) is 0 Å². The van der Waals surface area contributed by atoms with Gasteiger partial charge in [-0.3, -0.25) is 0 Å². The van der Waals surface area contributed by atoms with Crippen molar-refractivity contribution in [2.75, 3.05) is 13.1 Å². The minimum atomic E-state index is -0.0554. The summed E-state index contributed by atoms with van der Waals surface area (Å²) in [5.74, 6) is 0. The molecule has 0 aromatic carbocycles. The molecule has 3 heteroatoms. The van der Waals surface area contributed by atoms with Crippen molar-refractivity contribution in [3.8, 4) is 0 Å². The van der Waals surface area contributed by atoms with Gasteiger partial charge in [0.2, 0.25) is 0 Å². The van der Waals surface area contributed by atoms with E-state index < -0.39 is 0 Å². The fourth-order valence-corrected chi connectivity index (χ4v) is 1.58. The van der Waals surface area contributed by atoms with Crippen molar-refractivity contribution in [3.05, 3.63) is 47.9 Å². The Morgan fingerprint density at radius 3 is 3.14 bits per heavy atom. The first kappa shape index (κ1) is 9.24. The summed E-state index contributed by atoms with van der Waals surface area (Å²) in [6.07, 6.45) is 12.5. The minimum absolute atomic E-state index is 0.0554. The van der Waals surface area contributed by atoms with E-state index in [9.17, 15) is 0 Å². The van der Waals surface area contributed by atoms with Crippen molar-refractivity contribution < 1.29 is 0 Å². The zero-order valence-electron chi connectivity index (χ0n) is 8.06. The van der Waals surface area contributed by atoms with Gasteiger partial charge in [0.25, 0.3) is 0 Å². The van der Waals surface area contributed by atoms with E-state index in [1.807, 2.05) is 6.08 Å². The zero-order chi connectivity index (χ0) is 9.97. The predicted molar refractivity (Wildman–Crippen MR) is 58.2 cm³/mol. The lowest BCUT2D eigenvalue weighted by Crippen LogP contribution is -2.33. The van der Waals surface area contributed by atoms with Crippen molar-refractivity contribution >= 4 is 0 Å². The number of hydrogen-bond donors (Lipinski definition) is 2. The number of nitrogens with two attached hydrogens (primary N) is 2. The molecule has 1 unspecified atom stereocenters. The van der Waals surface area contributed by atoms with Gasteiger partial charge in [-0.1, -0.05) is 12.2 Å². The average molecular weight is 189 g/mol. The second-order valence-electron chi connectivity index (χ2n) is 3.47. The van der Waals surface area contributed by atoms with Gasteiger partial charge in [0.1, 0.15) is 0 Å². The molecule has 0 bridgehead atoms. The molecular formula is C11H15N3. The SMILES string of the molecule is NCC(N)C1=CC2=CC=CCN2C=C1. The van der Waals surface area contributed by atoms with Crippen LogP contribution in [0, 0.1) is 0 Å². The molecule has 2 aliphatic rings. The van der Waals surface area contributed by atoms with Gasteiger partial charge in [-0.15, -0.1) is 0 Å². The van der Waals surface area contributed by atoms with Crippen LogP contribution in [0.5, 0.6) is 0 Å². The number of fused-ring (bicyclic) bond motifs is 1. The molecule has 0 saturated carbocycles. The van der Waals surface area contributed by atoms with Gasteiger partial charge >= 0.3 is 0 Å². The highest BCUT2D eigenvalue weighted by atomic mass is 15.1. The normalized spacial score (nSPS) is 21.4. The van der Waals surface area contributed by atoms with E-state index >= 15 is 0 Å². The quantitative estimate of drug-likeness (QED) is 0.664. The molecular weight excluding hydrogens is 174 g/mol. The summed E-state index contributed by atoms with van der Waals surface area (Å²) in [7, 11) is 0. The second kappa shape index (κ2) is 3.82. The highest BCUT2D eigenvalue weighted by molar-refractivity contribution is 5.41. The maximum absolute atomic E-state index is 5.86. The number of allylic oxidation sites excluding steroid dienone is 3. The van der Waals surface area contributed by atoms with Gasteiger partial charge in [0, 0.05) is 31.0 Å². The summed E-state index contributed by atoms with van der Waals surface area (Å²) >= 11 is 0. The first-order valence-corrected chi connectivity index (χ1v) is 4.80. The van der Waals surface area contributed by atoms with Crippen molar-refractivity contribution in [2.45, 2.75) is 6.04 Å². The molecule has 0 spiro atoms. The third kappa shape index (κ3) is 1.64. The van der Waals surface area contributed by atoms with Crippen LogP contribution in [0.15, 0.2) is 47.9 Å². The topological polar surface area (TPSA) is 55.3 Å². The Morgan fingerprint density at radius 1 is 1.50 bits per heavy atom. The first-order valence-electron chi connectivity index (χ1n) is 4.80. The van der Waals surface area contributed by atoms with Crippen LogP contribution in [0.4, 0.5) is 0 Å². The molecule has 3 nitrogen and oxygen atoms in total. The molecule has 0 aliphatic carbocycles. The van der Waals surface area contributed by atoms with E-state index in [0.29, 0.717) is 6.54 Å². The molecule has 74 valence electrons. The van der Waals surface area contributed by atoms with Crippen LogP contribution in [-0.4, -0.2) is 24.0 Å². The molecule has 0 aromatic heterocycles. The fraction of sp³-hybridized carbons (Fsp3) is 0.273. The van der Waals surface area contributed by atoms with Gasteiger partial charge in [-0.05, 0) is 23.8 Å². The van der Waals surface area contributed by atoms with E-state index in [-0.39, 0.29) is 6.04 Å². The zero-order valence-corrected chi connectivity index (χ0v) is 8.06. The Labute approximate surface area is 84.1 Å². The monoisotopic (exact) mass is 189 g/mol. The Kier molecular flexibility index (Phi) is 2.52. The minimum Gasteiger partial charge on any atom is -0.344 e. The Balaban J connectivity index is 2.23. The van der Waals surface area contributed by atoms with Gasteiger partial charge < -0.3 is 16.4 Å². The van der Waals surface area contributed by atoms with Crippen LogP contribution in [-0.2, 0) is 0 Å². The molecule has 2 aliphatic heterocycles. The molecule has 1 atom stereocenters. The molecule has 0 saturated heterocycles. The lowest BCUT2D eigenvalue weighted by molar-refractivity contribution is 0.518. The molecule has 0 radical (unpaired) electrons. The maximum Gasteiger partial charge on any atom is 0.0420 e. The fourth-order valence-electron chi connectivity index (χ4n) is 1.58. The van der Waals surface area contributed by atoms with Gasteiger partial charge in [0.05, 0.1) is 0 Å². The smallest absolute Gasteiger partial charge is 0.0420 e. The van der Waals surface area contributed by atoms with Gasteiger partial charge in [-0.25, -0.2) is 0 Å². The van der Waals surface area contributed by atoms with Gasteiger partial charge in [0.15, 0.2) is 0 Å². The summed E-state index contributed by atoms with van der Waals surface area (Å²) in [5.41, 5.74) is 13.7. The molecule has 0 aromatic rings. The molecule has 4 N–H and O–H groups in total. The lowest BCUT2D eigenvalue weighted by Gasteiger charge is -2.27. The molecule has 0 amide bonds. The van der Waals surface area contributed by atoms with Crippen LogP contribution in [0.25, 0.3) is 0 Å². The second-order valence-corrected chi connectivity index (χ2v) is 3.47. The van der Waals surface area contributed by atoms with E-state index in [0.717, 1.165) is 12.1 Å². The molecule has 2 rings (SSSR count). The standard InChI is InChI=1S/C11H15N3/c12-8-11(13)9-4-6-14-5-2-1-3-10(14)7-9/h1-4,6-7,11H,5,8,12-13H2. The van der Waals surface area contributed by atoms with Crippen LogP contribution in [0.3, 0.4) is 0 Å². The number of hydrogen-bond acceptors (Lipinski definition) is 3. The van der Waals surface area contributed by atoms with Crippen LogP contribution >= 0.6 is 0 Å². The molecule has 0 fully saturated rings. The van der Waals surface area contributed by atoms with E-state index in [1.165, 1.54) is 5.70 Å². The predicted octanol–water partition coefficient (Wildman–Crippen LogP) is 0.482. The third-order valence-electron chi connectivity index (χ3n) is 2.48. The molecule has 2 heterocycles. The third-order valence-corrected chi connectivity index (χ3v) is 2.48. The van der Waals surface area contributed by atoms with E-state index in [1.54, 1.807) is 0 Å².